The van der Waals surface area contributed by atoms with Gasteiger partial charge in [0, 0.05) is 61.9 Å². The molecule has 0 saturated heterocycles. The number of fused-ring (bicyclic) bond motifs is 2. The van der Waals surface area contributed by atoms with Crippen molar-refractivity contribution in [1.29, 1.82) is 0 Å². The van der Waals surface area contributed by atoms with E-state index in [2.05, 4.69) is 112 Å². The van der Waals surface area contributed by atoms with Gasteiger partial charge in [0.25, 0.3) is 0 Å². The van der Waals surface area contributed by atoms with Gasteiger partial charge in [0.05, 0.1) is 11.0 Å². The summed E-state index contributed by atoms with van der Waals surface area (Å²) < 4.78 is 0. The van der Waals surface area contributed by atoms with Crippen LogP contribution in [0.15, 0.2) is 49.1 Å². The monoisotopic (exact) mass is 514 g/mol. The van der Waals surface area contributed by atoms with Crippen molar-refractivity contribution in [3.63, 3.8) is 0 Å². The van der Waals surface area contributed by atoms with Crippen LogP contribution in [-0.4, -0.2) is 59.7 Å². The lowest BCUT2D eigenvalue weighted by Gasteiger charge is -2.27. The molecule has 2 aromatic carbocycles. The Morgan fingerprint density at radius 2 is 1.37 bits per heavy atom. The third-order valence-electron chi connectivity index (χ3n) is 6.97. The van der Waals surface area contributed by atoms with E-state index in [9.17, 15) is 0 Å². The molecule has 4 rings (SSSR count). The van der Waals surface area contributed by atoms with Gasteiger partial charge in [0.1, 0.15) is 24.3 Å². The van der Waals surface area contributed by atoms with E-state index >= 15 is 0 Å². The van der Waals surface area contributed by atoms with Crippen molar-refractivity contribution in [3.05, 3.63) is 49.1 Å². The fourth-order valence-electron chi connectivity index (χ4n) is 4.54. The molecule has 0 aliphatic rings. The molecule has 0 bridgehead atoms. The highest BCUT2D eigenvalue weighted by Crippen LogP contribution is 2.26. The number of benzene rings is 2. The maximum absolute atomic E-state index is 4.55. The number of unbranched alkanes of at least 4 members (excludes halogenated alkanes) is 1. The standard InChI is InChI=1S/C30H42N8/c1-6-8-14-31-29-26-12-10-24(19-28(26)34-21-35-29)38(7-2)17-16-37(5)23-9-11-25-27(18-23)33-20-36-30(25)32-15-13-22(3)4/h9-12,18-22H,6-8,13-17H2,1-5H3,(H,31,34,35)(H,32,33,36). The quantitative estimate of drug-likeness (QED) is 0.192. The highest BCUT2D eigenvalue weighted by atomic mass is 15.2. The van der Waals surface area contributed by atoms with E-state index in [1.165, 1.54) is 5.69 Å². The fraction of sp³-hybridized carbons (Fsp3) is 0.467. The Morgan fingerprint density at radius 1 is 0.763 bits per heavy atom. The second-order valence-electron chi connectivity index (χ2n) is 10.2. The van der Waals surface area contributed by atoms with Crippen molar-refractivity contribution < 1.29 is 0 Å². The van der Waals surface area contributed by atoms with Crippen LogP contribution in [-0.2, 0) is 0 Å². The molecule has 8 nitrogen and oxygen atoms in total. The molecule has 0 fully saturated rings. The highest BCUT2D eigenvalue weighted by Gasteiger charge is 2.12. The van der Waals surface area contributed by atoms with Gasteiger partial charge in [-0.2, -0.15) is 0 Å². The van der Waals surface area contributed by atoms with Crippen LogP contribution in [0, 0.1) is 5.92 Å². The summed E-state index contributed by atoms with van der Waals surface area (Å²) >= 11 is 0. The number of nitrogens with zero attached hydrogens (tertiary/aromatic N) is 6. The Kier molecular flexibility index (Phi) is 9.51. The molecule has 8 heteroatoms. The smallest absolute Gasteiger partial charge is 0.137 e. The maximum Gasteiger partial charge on any atom is 0.137 e. The van der Waals surface area contributed by atoms with E-state index in [0.29, 0.717) is 5.92 Å². The van der Waals surface area contributed by atoms with Gasteiger partial charge in [-0.05, 0) is 62.1 Å². The first-order valence-electron chi connectivity index (χ1n) is 13.9. The summed E-state index contributed by atoms with van der Waals surface area (Å²) in [6.45, 7) is 13.4. The van der Waals surface area contributed by atoms with E-state index in [1.54, 1.807) is 12.7 Å². The summed E-state index contributed by atoms with van der Waals surface area (Å²) in [5.74, 6) is 2.48. The Bertz CT molecular complexity index is 1320. The van der Waals surface area contributed by atoms with Gasteiger partial charge in [0.2, 0.25) is 0 Å². The van der Waals surface area contributed by atoms with Crippen molar-refractivity contribution in [2.24, 2.45) is 5.92 Å². The van der Waals surface area contributed by atoms with Crippen molar-refractivity contribution in [2.45, 2.75) is 47.0 Å². The molecule has 0 unspecified atom stereocenters. The highest BCUT2D eigenvalue weighted by molar-refractivity contribution is 5.92. The Morgan fingerprint density at radius 3 is 1.97 bits per heavy atom. The van der Waals surface area contributed by atoms with Crippen LogP contribution >= 0.6 is 0 Å². The molecule has 0 aliphatic heterocycles. The molecular weight excluding hydrogens is 472 g/mol. The molecule has 0 atom stereocenters. The molecular formula is C30H42N8. The number of rotatable bonds is 14. The van der Waals surface area contributed by atoms with E-state index in [1.807, 2.05) is 0 Å². The van der Waals surface area contributed by atoms with Gasteiger partial charge in [-0.15, -0.1) is 0 Å². The van der Waals surface area contributed by atoms with Gasteiger partial charge in [-0.25, -0.2) is 19.9 Å². The fourth-order valence-corrected chi connectivity index (χ4v) is 4.54. The van der Waals surface area contributed by atoms with Crippen molar-refractivity contribution in [3.8, 4) is 0 Å². The Hall–Kier alpha value is -3.68. The minimum atomic E-state index is 0.659. The SMILES string of the molecule is CCCCNc1ncnc2cc(N(CC)CCN(C)c3ccc4c(NCCC(C)C)ncnc4c3)ccc12. The predicted octanol–water partition coefficient (Wildman–Crippen LogP) is 6.21. The summed E-state index contributed by atoms with van der Waals surface area (Å²) in [5.41, 5.74) is 4.25. The van der Waals surface area contributed by atoms with Crippen molar-refractivity contribution in [2.75, 3.05) is 60.2 Å². The number of aromatic nitrogens is 4. The zero-order valence-corrected chi connectivity index (χ0v) is 23.5. The first-order valence-corrected chi connectivity index (χ1v) is 13.9. The predicted molar refractivity (Wildman–Crippen MR) is 162 cm³/mol. The molecule has 2 N–H and O–H groups in total. The lowest BCUT2D eigenvalue weighted by Crippen LogP contribution is -2.33. The average Bonchev–Trinajstić information content (AvgIpc) is 2.93. The van der Waals surface area contributed by atoms with E-state index < -0.39 is 0 Å². The second-order valence-corrected chi connectivity index (χ2v) is 10.2. The molecule has 0 radical (unpaired) electrons. The van der Waals surface area contributed by atoms with E-state index in [-0.39, 0.29) is 0 Å². The third kappa shape index (κ3) is 6.79. The first-order chi connectivity index (χ1) is 18.5. The number of anilines is 4. The molecule has 2 aromatic heterocycles. The number of nitrogens with one attached hydrogen (secondary N) is 2. The minimum absolute atomic E-state index is 0.659. The van der Waals surface area contributed by atoms with Crippen LogP contribution in [0.4, 0.5) is 23.0 Å². The van der Waals surface area contributed by atoms with Gasteiger partial charge in [-0.3, -0.25) is 0 Å². The summed E-state index contributed by atoms with van der Waals surface area (Å²) in [6, 6.07) is 12.9. The summed E-state index contributed by atoms with van der Waals surface area (Å²) in [6.07, 6.45) is 6.70. The van der Waals surface area contributed by atoms with Gasteiger partial charge < -0.3 is 20.4 Å². The molecule has 0 amide bonds. The topological polar surface area (TPSA) is 82.1 Å². The molecule has 202 valence electrons. The largest absolute Gasteiger partial charge is 0.373 e. The van der Waals surface area contributed by atoms with Crippen LogP contribution in [0.25, 0.3) is 21.8 Å². The summed E-state index contributed by atoms with van der Waals surface area (Å²) in [4.78, 5) is 22.7. The molecule has 0 aliphatic carbocycles. The van der Waals surface area contributed by atoms with Crippen LogP contribution in [0.3, 0.4) is 0 Å². The van der Waals surface area contributed by atoms with E-state index in [4.69, 9.17) is 0 Å². The van der Waals surface area contributed by atoms with E-state index in [0.717, 1.165) is 91.1 Å². The number of hydrogen-bond donors (Lipinski definition) is 2. The maximum atomic E-state index is 4.55. The zero-order chi connectivity index (χ0) is 26.9. The summed E-state index contributed by atoms with van der Waals surface area (Å²) in [7, 11) is 2.14. The van der Waals surface area contributed by atoms with Crippen LogP contribution in [0.5, 0.6) is 0 Å². The van der Waals surface area contributed by atoms with Crippen LogP contribution in [0.2, 0.25) is 0 Å². The number of hydrogen-bond acceptors (Lipinski definition) is 8. The van der Waals surface area contributed by atoms with Crippen molar-refractivity contribution in [1.82, 2.24) is 19.9 Å². The van der Waals surface area contributed by atoms with Crippen molar-refractivity contribution >= 4 is 44.8 Å². The van der Waals surface area contributed by atoms with Crippen LogP contribution < -0.4 is 20.4 Å². The molecule has 0 saturated carbocycles. The number of likely N-dealkylation sites (N-methyl/N-ethyl adjacent to an activating group) is 2. The Balaban J connectivity index is 1.43. The minimum Gasteiger partial charge on any atom is -0.373 e. The first kappa shape index (κ1) is 27.4. The van der Waals surface area contributed by atoms with Gasteiger partial charge in [-0.1, -0.05) is 27.2 Å². The summed E-state index contributed by atoms with van der Waals surface area (Å²) in [5, 5.41) is 9.06. The molecule has 2 heterocycles. The lowest BCUT2D eigenvalue weighted by molar-refractivity contribution is 0.607. The van der Waals surface area contributed by atoms with Gasteiger partial charge >= 0.3 is 0 Å². The second kappa shape index (κ2) is 13.2. The van der Waals surface area contributed by atoms with Crippen LogP contribution in [0.1, 0.15) is 47.0 Å². The Labute approximate surface area is 226 Å². The normalized spacial score (nSPS) is 11.3. The molecule has 4 aromatic rings. The molecule has 38 heavy (non-hydrogen) atoms. The third-order valence-corrected chi connectivity index (χ3v) is 6.97. The van der Waals surface area contributed by atoms with Gasteiger partial charge in [0.15, 0.2) is 0 Å². The average molecular weight is 515 g/mol. The lowest BCUT2D eigenvalue weighted by atomic mass is 10.1. The molecule has 0 spiro atoms. The zero-order valence-electron chi connectivity index (χ0n) is 23.5.